The predicted molar refractivity (Wildman–Crippen MR) is 64.0 cm³/mol. The standard InChI is InChI=1S/C14H22/c1-10(2)12-7-8-13(11(3)9-12)14(4,5)6/h7-10H,1-6H3/i7D,8D,9D. The van der Waals surface area contributed by atoms with Gasteiger partial charge in [0.2, 0.25) is 0 Å². The van der Waals surface area contributed by atoms with E-state index in [0.29, 0.717) is 11.6 Å². The molecule has 1 rings (SSSR count). The second-order valence-electron chi connectivity index (χ2n) is 5.19. The van der Waals surface area contributed by atoms with Crippen molar-refractivity contribution in [2.24, 2.45) is 0 Å². The van der Waals surface area contributed by atoms with E-state index in [-0.39, 0.29) is 23.4 Å². The van der Waals surface area contributed by atoms with Gasteiger partial charge >= 0.3 is 0 Å². The van der Waals surface area contributed by atoms with E-state index in [0.717, 1.165) is 11.1 Å². The van der Waals surface area contributed by atoms with Crippen LogP contribution in [0.2, 0.25) is 0 Å². The summed E-state index contributed by atoms with van der Waals surface area (Å²) in [5.41, 5.74) is 2.18. The van der Waals surface area contributed by atoms with Crippen molar-refractivity contribution in [2.45, 2.75) is 52.9 Å². The van der Waals surface area contributed by atoms with Crippen LogP contribution in [0.25, 0.3) is 0 Å². The Hall–Kier alpha value is -0.780. The molecule has 0 heteroatoms. The van der Waals surface area contributed by atoms with Gasteiger partial charge in [-0.15, -0.1) is 0 Å². The maximum atomic E-state index is 8.18. The fraction of sp³-hybridized carbons (Fsp3) is 0.571. The Bertz CT molecular complexity index is 411. The Kier molecular flexibility index (Phi) is 2.02. The van der Waals surface area contributed by atoms with Gasteiger partial charge in [-0.25, -0.2) is 0 Å². The zero-order valence-electron chi connectivity index (χ0n) is 13.1. The van der Waals surface area contributed by atoms with Crippen LogP contribution in [0, 0.1) is 6.92 Å². The SMILES string of the molecule is [2H]c1c([2H])c(C(C)(C)C)c(C)c([2H])c1C(C)C. The Morgan fingerprint density at radius 1 is 1.21 bits per heavy atom. The predicted octanol–water partition coefficient (Wildman–Crippen LogP) is 4.42. The molecule has 0 aliphatic rings. The molecule has 0 radical (unpaired) electrons. The quantitative estimate of drug-likeness (QED) is 0.619. The third-order valence-corrected chi connectivity index (χ3v) is 2.35. The summed E-state index contributed by atoms with van der Waals surface area (Å²) in [6, 6.07) is 0.946. The summed E-state index contributed by atoms with van der Waals surface area (Å²) in [6.45, 7) is 11.9. The average molecular weight is 193 g/mol. The molecule has 1 aromatic carbocycles. The minimum Gasteiger partial charge on any atom is -0.0587 e. The van der Waals surface area contributed by atoms with Crippen LogP contribution in [0.5, 0.6) is 0 Å². The fourth-order valence-corrected chi connectivity index (χ4v) is 1.56. The van der Waals surface area contributed by atoms with E-state index < -0.39 is 0 Å². The second kappa shape index (κ2) is 3.76. The van der Waals surface area contributed by atoms with Crippen LogP contribution < -0.4 is 0 Å². The molecule has 0 saturated carbocycles. The van der Waals surface area contributed by atoms with Crippen LogP contribution in [-0.4, -0.2) is 0 Å². The van der Waals surface area contributed by atoms with Gasteiger partial charge in [0.05, 0.1) is 4.11 Å². The van der Waals surface area contributed by atoms with Gasteiger partial charge < -0.3 is 0 Å². The molecule has 0 spiro atoms. The normalized spacial score (nSPS) is 15.2. The van der Waals surface area contributed by atoms with Crippen LogP contribution in [0.15, 0.2) is 18.1 Å². The lowest BCUT2D eigenvalue weighted by Crippen LogP contribution is -2.13. The molecule has 14 heavy (non-hydrogen) atoms. The van der Waals surface area contributed by atoms with E-state index in [4.69, 9.17) is 4.11 Å². The van der Waals surface area contributed by atoms with E-state index in [9.17, 15) is 0 Å². The molecule has 0 nitrogen and oxygen atoms in total. The molecule has 0 bridgehead atoms. The number of hydrogen-bond acceptors (Lipinski definition) is 0. The van der Waals surface area contributed by atoms with Gasteiger partial charge in [0.15, 0.2) is 0 Å². The van der Waals surface area contributed by atoms with Crippen molar-refractivity contribution < 1.29 is 4.11 Å². The number of hydrogen-bond donors (Lipinski definition) is 0. The molecule has 0 unspecified atom stereocenters. The van der Waals surface area contributed by atoms with Gasteiger partial charge in [-0.2, -0.15) is 0 Å². The summed E-state index contributed by atoms with van der Waals surface area (Å²) in [5.74, 6) is 0.117. The number of benzene rings is 1. The summed E-state index contributed by atoms with van der Waals surface area (Å²) >= 11 is 0. The van der Waals surface area contributed by atoms with Gasteiger partial charge in [-0.05, 0) is 34.9 Å². The summed E-state index contributed by atoms with van der Waals surface area (Å²) in [5, 5.41) is 0. The minimum absolute atomic E-state index is 0.117. The maximum Gasteiger partial charge on any atom is 0.0629 e. The van der Waals surface area contributed by atoms with Crippen molar-refractivity contribution in [2.75, 3.05) is 0 Å². The van der Waals surface area contributed by atoms with Crippen LogP contribution in [0.1, 0.15) is 61.3 Å². The van der Waals surface area contributed by atoms with E-state index in [2.05, 4.69) is 0 Å². The first kappa shape index (κ1) is 7.50. The van der Waals surface area contributed by atoms with Crippen molar-refractivity contribution in [3.63, 3.8) is 0 Å². The van der Waals surface area contributed by atoms with Crippen LogP contribution in [0.3, 0.4) is 0 Å². The molecular formula is C14H22. The van der Waals surface area contributed by atoms with Crippen molar-refractivity contribution in [1.82, 2.24) is 0 Å². The van der Waals surface area contributed by atoms with E-state index >= 15 is 0 Å². The Morgan fingerprint density at radius 2 is 1.79 bits per heavy atom. The van der Waals surface area contributed by atoms with E-state index in [1.165, 1.54) is 0 Å². The number of rotatable bonds is 1. The monoisotopic (exact) mass is 193 g/mol. The average Bonchev–Trinajstić information content (AvgIpc) is 2.12. The lowest BCUT2D eigenvalue weighted by atomic mass is 9.83. The molecule has 0 atom stereocenters. The van der Waals surface area contributed by atoms with E-state index in [1.807, 2.05) is 41.5 Å². The first-order valence-corrected chi connectivity index (χ1v) is 5.19. The van der Waals surface area contributed by atoms with Crippen LogP contribution in [0.4, 0.5) is 0 Å². The van der Waals surface area contributed by atoms with Gasteiger partial charge in [-0.3, -0.25) is 0 Å². The Balaban J connectivity index is 3.71. The molecule has 0 amide bonds. The largest absolute Gasteiger partial charge is 0.0629 e. The highest BCUT2D eigenvalue weighted by Crippen LogP contribution is 2.27. The third-order valence-electron chi connectivity index (χ3n) is 2.35. The second-order valence-corrected chi connectivity index (χ2v) is 5.19. The molecule has 0 aliphatic carbocycles. The van der Waals surface area contributed by atoms with Crippen LogP contribution in [-0.2, 0) is 5.41 Å². The summed E-state index contributed by atoms with van der Waals surface area (Å²) < 4.78 is 24.4. The summed E-state index contributed by atoms with van der Waals surface area (Å²) in [4.78, 5) is 0. The lowest BCUT2D eigenvalue weighted by Gasteiger charge is -2.22. The first-order valence-electron chi connectivity index (χ1n) is 6.69. The molecule has 0 heterocycles. The lowest BCUT2D eigenvalue weighted by molar-refractivity contribution is 0.585. The molecule has 0 saturated heterocycles. The molecule has 78 valence electrons. The smallest absolute Gasteiger partial charge is 0.0587 e. The summed E-state index contributed by atoms with van der Waals surface area (Å²) in [6.07, 6.45) is 0. The van der Waals surface area contributed by atoms with Crippen molar-refractivity contribution in [3.8, 4) is 0 Å². The Morgan fingerprint density at radius 3 is 2.21 bits per heavy atom. The van der Waals surface area contributed by atoms with Crippen molar-refractivity contribution >= 4 is 0 Å². The molecule has 0 aliphatic heterocycles. The summed E-state index contributed by atoms with van der Waals surface area (Å²) in [7, 11) is 0. The molecule has 1 aromatic rings. The maximum absolute atomic E-state index is 8.18. The van der Waals surface area contributed by atoms with E-state index in [1.54, 1.807) is 0 Å². The highest BCUT2D eigenvalue weighted by molar-refractivity contribution is 5.36. The van der Waals surface area contributed by atoms with Crippen LogP contribution >= 0.6 is 0 Å². The molecule has 0 N–H and O–H groups in total. The zero-order valence-corrected chi connectivity index (χ0v) is 10.1. The third kappa shape index (κ3) is 2.37. The van der Waals surface area contributed by atoms with Gasteiger partial charge in [0.1, 0.15) is 0 Å². The zero-order chi connectivity index (χ0) is 13.5. The van der Waals surface area contributed by atoms with Crippen molar-refractivity contribution in [1.29, 1.82) is 0 Å². The van der Waals surface area contributed by atoms with Gasteiger partial charge in [-0.1, -0.05) is 52.7 Å². The Labute approximate surface area is 92.6 Å². The van der Waals surface area contributed by atoms with Crippen molar-refractivity contribution in [3.05, 3.63) is 34.8 Å². The molecule has 0 aromatic heterocycles. The van der Waals surface area contributed by atoms with Gasteiger partial charge in [0.25, 0.3) is 0 Å². The molecular weight excluding hydrogens is 168 g/mol. The first-order chi connectivity index (χ1) is 7.59. The minimum atomic E-state index is -0.192. The molecule has 0 fully saturated rings. The highest BCUT2D eigenvalue weighted by Gasteiger charge is 2.16. The van der Waals surface area contributed by atoms with Gasteiger partial charge in [0, 0.05) is 0 Å². The topological polar surface area (TPSA) is 0 Å². The highest BCUT2D eigenvalue weighted by atomic mass is 14.2. The fourth-order valence-electron chi connectivity index (χ4n) is 1.56.